The lowest BCUT2D eigenvalue weighted by molar-refractivity contribution is 0.102. The summed E-state index contributed by atoms with van der Waals surface area (Å²) in [6.07, 6.45) is 3.36. The Labute approximate surface area is 157 Å². The highest BCUT2D eigenvalue weighted by Gasteiger charge is 2.10. The number of fused-ring (bicyclic) bond motifs is 1. The maximum absolute atomic E-state index is 12.6. The summed E-state index contributed by atoms with van der Waals surface area (Å²) < 4.78 is 5.65. The molecule has 0 unspecified atom stereocenters. The lowest BCUT2D eigenvalue weighted by Crippen LogP contribution is -2.19. The van der Waals surface area contributed by atoms with Crippen LogP contribution in [0, 0.1) is 0 Å². The summed E-state index contributed by atoms with van der Waals surface area (Å²) in [4.78, 5) is 18.7. The number of hydrogen-bond donors (Lipinski definition) is 1. The number of nitrogens with one attached hydrogen (secondary N) is 1. The van der Waals surface area contributed by atoms with E-state index < -0.39 is 0 Å². The highest BCUT2D eigenvalue weighted by molar-refractivity contribution is 6.36. The van der Waals surface area contributed by atoms with E-state index in [-0.39, 0.29) is 5.91 Å². The number of likely N-dealkylation sites (N-methyl/N-ethyl adjacent to an activating group) is 1. The van der Waals surface area contributed by atoms with Crippen molar-refractivity contribution < 1.29 is 9.53 Å². The lowest BCUT2D eigenvalue weighted by atomic mass is 10.1. The number of rotatable bonds is 6. The van der Waals surface area contributed by atoms with E-state index in [1.165, 1.54) is 0 Å². The monoisotopic (exact) mass is 369 g/mol. The predicted molar refractivity (Wildman–Crippen MR) is 105 cm³/mol. The Morgan fingerprint density at radius 3 is 2.62 bits per heavy atom. The first-order valence-corrected chi connectivity index (χ1v) is 8.63. The summed E-state index contributed by atoms with van der Waals surface area (Å²) in [5.41, 5.74) is 1.25. The van der Waals surface area contributed by atoms with E-state index in [4.69, 9.17) is 16.3 Å². The lowest BCUT2D eigenvalue weighted by Gasteiger charge is -2.12. The van der Waals surface area contributed by atoms with E-state index >= 15 is 0 Å². The predicted octanol–water partition coefficient (Wildman–Crippen LogP) is 4.08. The summed E-state index contributed by atoms with van der Waals surface area (Å²) >= 11 is 6.19. The normalized spacial score (nSPS) is 10.9. The van der Waals surface area contributed by atoms with Crippen LogP contribution in [0.25, 0.3) is 10.8 Å². The van der Waals surface area contributed by atoms with Gasteiger partial charge in [0.2, 0.25) is 0 Å². The van der Waals surface area contributed by atoms with Gasteiger partial charge in [-0.2, -0.15) is 0 Å². The fraction of sp³-hybridized carbons (Fsp3) is 0.200. The van der Waals surface area contributed by atoms with Crippen LogP contribution in [0.3, 0.4) is 0 Å². The van der Waals surface area contributed by atoms with Crippen LogP contribution in [0.2, 0.25) is 5.02 Å². The van der Waals surface area contributed by atoms with Gasteiger partial charge < -0.3 is 15.0 Å². The van der Waals surface area contributed by atoms with Crippen molar-refractivity contribution in [2.45, 2.75) is 0 Å². The molecule has 5 nitrogen and oxygen atoms in total. The molecule has 1 aromatic heterocycles. The van der Waals surface area contributed by atoms with Crippen molar-refractivity contribution in [2.75, 3.05) is 32.6 Å². The zero-order chi connectivity index (χ0) is 18.5. The zero-order valence-corrected chi connectivity index (χ0v) is 15.5. The third-order valence-electron chi connectivity index (χ3n) is 3.94. The van der Waals surface area contributed by atoms with E-state index in [1.54, 1.807) is 48.8 Å². The fourth-order valence-corrected chi connectivity index (χ4v) is 2.72. The molecule has 1 heterocycles. The topological polar surface area (TPSA) is 54.5 Å². The van der Waals surface area contributed by atoms with Crippen LogP contribution in [0.5, 0.6) is 5.75 Å². The number of hydrogen-bond acceptors (Lipinski definition) is 4. The van der Waals surface area contributed by atoms with Crippen molar-refractivity contribution >= 4 is 34.0 Å². The van der Waals surface area contributed by atoms with Gasteiger partial charge in [-0.25, -0.2) is 0 Å². The van der Waals surface area contributed by atoms with E-state index in [9.17, 15) is 4.79 Å². The average molecular weight is 370 g/mol. The number of nitrogens with zero attached hydrogens (tertiary/aromatic N) is 2. The maximum Gasteiger partial charge on any atom is 0.255 e. The third-order valence-corrected chi connectivity index (χ3v) is 4.27. The van der Waals surface area contributed by atoms with Crippen LogP contribution in [-0.4, -0.2) is 43.0 Å². The van der Waals surface area contributed by atoms with Crippen molar-refractivity contribution in [1.29, 1.82) is 0 Å². The van der Waals surface area contributed by atoms with E-state index in [0.29, 0.717) is 22.9 Å². The van der Waals surface area contributed by atoms with Gasteiger partial charge >= 0.3 is 0 Å². The second-order valence-electron chi connectivity index (χ2n) is 6.15. The van der Waals surface area contributed by atoms with Crippen molar-refractivity contribution in [3.8, 4) is 5.75 Å². The number of carbonyl (C=O) groups is 1. The Balaban J connectivity index is 1.72. The number of anilines is 1. The van der Waals surface area contributed by atoms with Crippen LogP contribution < -0.4 is 10.1 Å². The van der Waals surface area contributed by atoms with E-state index in [2.05, 4.69) is 10.3 Å². The third kappa shape index (κ3) is 4.31. The van der Waals surface area contributed by atoms with Gasteiger partial charge in [-0.3, -0.25) is 9.78 Å². The molecule has 0 aliphatic rings. The highest BCUT2D eigenvalue weighted by Crippen LogP contribution is 2.29. The maximum atomic E-state index is 12.6. The number of benzene rings is 2. The Bertz CT molecular complexity index is 911. The minimum absolute atomic E-state index is 0.190. The van der Waals surface area contributed by atoms with Crippen molar-refractivity contribution in [3.63, 3.8) is 0 Å². The Kier molecular flexibility index (Phi) is 5.71. The molecule has 1 N–H and O–H groups in total. The number of carbonyl (C=O) groups excluding carboxylic acids is 1. The largest absolute Gasteiger partial charge is 0.492 e. The molecule has 2 aromatic carbocycles. The van der Waals surface area contributed by atoms with Gasteiger partial charge in [0.15, 0.2) is 0 Å². The number of halogens is 1. The van der Waals surface area contributed by atoms with Crippen LogP contribution in [-0.2, 0) is 0 Å². The van der Waals surface area contributed by atoms with Gasteiger partial charge in [0.25, 0.3) is 5.91 Å². The number of amides is 1. The van der Waals surface area contributed by atoms with E-state index in [0.717, 1.165) is 23.1 Å². The minimum Gasteiger partial charge on any atom is -0.492 e. The Morgan fingerprint density at radius 1 is 1.12 bits per heavy atom. The molecule has 0 saturated carbocycles. The highest BCUT2D eigenvalue weighted by atomic mass is 35.5. The van der Waals surface area contributed by atoms with Gasteiger partial charge in [0.1, 0.15) is 12.4 Å². The molecular weight excluding hydrogens is 350 g/mol. The molecule has 1 amide bonds. The van der Waals surface area contributed by atoms with Gasteiger partial charge in [0.05, 0.1) is 5.02 Å². The van der Waals surface area contributed by atoms with Gasteiger partial charge in [-0.15, -0.1) is 0 Å². The number of ether oxygens (including phenoxy) is 1. The Hall–Kier alpha value is -2.63. The first-order chi connectivity index (χ1) is 12.5. The van der Waals surface area contributed by atoms with Crippen LogP contribution in [0.15, 0.2) is 54.9 Å². The summed E-state index contributed by atoms with van der Waals surface area (Å²) in [6.45, 7) is 1.43. The molecule has 0 aliphatic carbocycles. The van der Waals surface area contributed by atoms with Crippen LogP contribution in [0.1, 0.15) is 10.4 Å². The molecule has 0 bridgehead atoms. The van der Waals surface area contributed by atoms with Crippen molar-refractivity contribution in [1.82, 2.24) is 9.88 Å². The zero-order valence-electron chi connectivity index (χ0n) is 14.7. The molecule has 0 saturated heterocycles. The van der Waals surface area contributed by atoms with Crippen LogP contribution in [0.4, 0.5) is 5.69 Å². The van der Waals surface area contributed by atoms with Crippen LogP contribution >= 0.6 is 11.6 Å². The van der Waals surface area contributed by atoms with Crippen molar-refractivity contribution in [2.24, 2.45) is 0 Å². The first kappa shape index (κ1) is 18.2. The number of pyridine rings is 1. The molecule has 3 rings (SSSR count). The van der Waals surface area contributed by atoms with Gasteiger partial charge in [-0.1, -0.05) is 11.6 Å². The second-order valence-corrected chi connectivity index (χ2v) is 6.55. The molecule has 0 aliphatic heterocycles. The van der Waals surface area contributed by atoms with E-state index in [1.807, 2.05) is 25.1 Å². The van der Waals surface area contributed by atoms with Crippen molar-refractivity contribution in [3.05, 3.63) is 65.4 Å². The summed E-state index contributed by atoms with van der Waals surface area (Å²) in [7, 11) is 3.99. The van der Waals surface area contributed by atoms with Gasteiger partial charge in [-0.05, 0) is 56.6 Å². The summed E-state index contributed by atoms with van der Waals surface area (Å²) in [5, 5.41) is 5.19. The fourth-order valence-electron chi connectivity index (χ4n) is 2.51. The minimum atomic E-state index is -0.190. The molecule has 3 aromatic rings. The SMILES string of the molecule is CN(C)CCOc1ccc(C(=O)Nc2ccc(Cl)c3cnccc23)cc1. The molecular formula is C20H20ClN3O2. The quantitative estimate of drug-likeness (QED) is 0.711. The smallest absolute Gasteiger partial charge is 0.255 e. The number of aromatic nitrogens is 1. The molecule has 26 heavy (non-hydrogen) atoms. The summed E-state index contributed by atoms with van der Waals surface area (Å²) in [5.74, 6) is 0.552. The Morgan fingerprint density at radius 2 is 1.88 bits per heavy atom. The second kappa shape index (κ2) is 8.17. The molecule has 134 valence electrons. The molecule has 6 heteroatoms. The van der Waals surface area contributed by atoms with Gasteiger partial charge in [0, 0.05) is 41.0 Å². The standard InChI is InChI=1S/C20H20ClN3O2/c1-24(2)11-12-26-15-5-3-14(4-6-15)20(25)23-19-8-7-18(21)17-13-22-10-9-16(17)19/h3-10,13H,11-12H2,1-2H3,(H,23,25). The molecule has 0 radical (unpaired) electrons. The average Bonchev–Trinajstić information content (AvgIpc) is 2.64. The molecule has 0 atom stereocenters. The molecule has 0 spiro atoms. The summed E-state index contributed by atoms with van der Waals surface area (Å²) in [6, 6.07) is 12.5. The first-order valence-electron chi connectivity index (χ1n) is 8.26. The molecule has 0 fully saturated rings.